The number of likely N-dealkylation sites (tertiary alicyclic amines) is 1. The first-order valence-corrected chi connectivity index (χ1v) is 11.1. The van der Waals surface area contributed by atoms with E-state index in [4.69, 9.17) is 17.3 Å². The van der Waals surface area contributed by atoms with Crippen LogP contribution in [0.4, 0.5) is 5.69 Å². The smallest absolute Gasteiger partial charge is 0.259 e. The van der Waals surface area contributed by atoms with Gasteiger partial charge in [-0.3, -0.25) is 14.5 Å². The van der Waals surface area contributed by atoms with Gasteiger partial charge in [-0.25, -0.2) is 4.68 Å². The largest absolute Gasteiger partial charge is 0.368 e. The summed E-state index contributed by atoms with van der Waals surface area (Å²) in [5.41, 5.74) is 9.38. The van der Waals surface area contributed by atoms with Crippen LogP contribution in [0.5, 0.6) is 0 Å². The molecule has 1 fully saturated rings. The predicted octanol–water partition coefficient (Wildman–Crippen LogP) is 3.79. The number of nitrogens with one attached hydrogen (secondary N) is 1. The number of aromatic nitrogens is 2. The van der Waals surface area contributed by atoms with Crippen LogP contribution in [0, 0.1) is 0 Å². The highest BCUT2D eigenvalue weighted by Crippen LogP contribution is 2.23. The lowest BCUT2D eigenvalue weighted by Crippen LogP contribution is -2.39. The molecule has 3 N–H and O–H groups in total. The van der Waals surface area contributed by atoms with Gasteiger partial charge in [-0.1, -0.05) is 36.7 Å². The average molecular weight is 452 g/mol. The van der Waals surface area contributed by atoms with Crippen molar-refractivity contribution in [2.75, 3.05) is 11.9 Å². The van der Waals surface area contributed by atoms with Gasteiger partial charge in [0, 0.05) is 17.3 Å². The molecule has 32 heavy (non-hydrogen) atoms. The molecule has 3 aromatic rings. The fourth-order valence-corrected chi connectivity index (χ4v) is 4.44. The number of nitrogens with zero attached hydrogens (tertiary/aromatic N) is 3. The lowest BCUT2D eigenvalue weighted by atomic mass is 10.1. The predicted molar refractivity (Wildman–Crippen MR) is 125 cm³/mol. The molecule has 0 saturated carbocycles. The van der Waals surface area contributed by atoms with Gasteiger partial charge in [-0.15, -0.1) is 0 Å². The van der Waals surface area contributed by atoms with E-state index in [0.717, 1.165) is 36.3 Å². The molecule has 8 heteroatoms. The summed E-state index contributed by atoms with van der Waals surface area (Å²) in [6.07, 6.45) is 3.97. The van der Waals surface area contributed by atoms with Crippen molar-refractivity contribution >= 4 is 29.1 Å². The van der Waals surface area contributed by atoms with Gasteiger partial charge in [-0.05, 0) is 61.7 Å². The van der Waals surface area contributed by atoms with E-state index in [-0.39, 0.29) is 17.9 Å². The van der Waals surface area contributed by atoms with Crippen LogP contribution in [-0.2, 0) is 17.8 Å². The van der Waals surface area contributed by atoms with Crippen molar-refractivity contribution in [2.24, 2.45) is 5.73 Å². The quantitative estimate of drug-likeness (QED) is 0.571. The van der Waals surface area contributed by atoms with Crippen LogP contribution in [0.3, 0.4) is 0 Å². The average Bonchev–Trinajstić information content (AvgIpc) is 3.41. The van der Waals surface area contributed by atoms with E-state index in [0.29, 0.717) is 29.2 Å². The standard InChI is InChI=1S/C24H26ClN5O2/c1-2-21-20(14-27-30(21)19-9-4-7-17(25)13-19)24(32)28-18-8-3-6-16(12-18)15-29-11-5-10-22(29)23(26)31/h3-4,6-9,12-14,22H,2,5,10-11,15H2,1H3,(H2,26,31)(H,28,32). The Labute approximate surface area is 192 Å². The zero-order chi connectivity index (χ0) is 22.7. The Morgan fingerprint density at radius 2 is 2.03 bits per heavy atom. The highest BCUT2D eigenvalue weighted by atomic mass is 35.5. The molecule has 1 unspecified atom stereocenters. The van der Waals surface area contributed by atoms with Crippen molar-refractivity contribution < 1.29 is 9.59 Å². The number of hydrogen-bond donors (Lipinski definition) is 2. The molecule has 1 aromatic heterocycles. The Morgan fingerprint density at radius 1 is 1.22 bits per heavy atom. The molecule has 1 aliphatic heterocycles. The topological polar surface area (TPSA) is 93.2 Å². The van der Waals surface area contributed by atoms with Gasteiger partial charge in [-0.2, -0.15) is 5.10 Å². The highest BCUT2D eigenvalue weighted by molar-refractivity contribution is 6.30. The zero-order valence-electron chi connectivity index (χ0n) is 17.9. The molecule has 0 spiro atoms. The van der Waals surface area contributed by atoms with Crippen LogP contribution in [0.1, 0.15) is 41.4 Å². The third kappa shape index (κ3) is 4.69. The van der Waals surface area contributed by atoms with E-state index in [1.54, 1.807) is 16.9 Å². The number of carbonyl (C=O) groups excluding carboxylic acids is 2. The van der Waals surface area contributed by atoms with Crippen molar-refractivity contribution in [3.8, 4) is 5.69 Å². The Morgan fingerprint density at radius 3 is 2.78 bits per heavy atom. The van der Waals surface area contributed by atoms with Gasteiger partial charge < -0.3 is 11.1 Å². The van der Waals surface area contributed by atoms with Crippen molar-refractivity contribution in [3.63, 3.8) is 0 Å². The Kier molecular flexibility index (Phi) is 6.58. The third-order valence-electron chi connectivity index (χ3n) is 5.76. The maximum atomic E-state index is 13.0. The molecule has 2 heterocycles. The third-order valence-corrected chi connectivity index (χ3v) is 6.00. The van der Waals surface area contributed by atoms with Gasteiger partial charge in [0.25, 0.3) is 5.91 Å². The zero-order valence-corrected chi connectivity index (χ0v) is 18.7. The Balaban J connectivity index is 1.51. The van der Waals surface area contributed by atoms with E-state index >= 15 is 0 Å². The molecule has 0 aliphatic carbocycles. The fourth-order valence-electron chi connectivity index (χ4n) is 4.25. The van der Waals surface area contributed by atoms with E-state index in [2.05, 4.69) is 15.3 Å². The summed E-state index contributed by atoms with van der Waals surface area (Å²) >= 11 is 6.12. The maximum absolute atomic E-state index is 13.0. The molecule has 0 radical (unpaired) electrons. The first-order valence-electron chi connectivity index (χ1n) is 10.7. The summed E-state index contributed by atoms with van der Waals surface area (Å²) in [6, 6.07) is 14.8. The van der Waals surface area contributed by atoms with Gasteiger partial charge in [0.1, 0.15) is 0 Å². The van der Waals surface area contributed by atoms with Crippen LogP contribution >= 0.6 is 11.6 Å². The minimum absolute atomic E-state index is 0.219. The van der Waals surface area contributed by atoms with Crippen LogP contribution in [0.15, 0.2) is 54.7 Å². The number of nitrogens with two attached hydrogens (primary N) is 1. The van der Waals surface area contributed by atoms with Crippen LogP contribution < -0.4 is 11.1 Å². The van der Waals surface area contributed by atoms with Gasteiger partial charge in [0.2, 0.25) is 5.91 Å². The first kappa shape index (κ1) is 22.0. The maximum Gasteiger partial charge on any atom is 0.259 e. The number of carbonyl (C=O) groups is 2. The number of amides is 2. The van der Waals surface area contributed by atoms with Crippen molar-refractivity contribution in [2.45, 2.75) is 38.8 Å². The van der Waals surface area contributed by atoms with Crippen molar-refractivity contribution in [1.82, 2.24) is 14.7 Å². The second-order valence-electron chi connectivity index (χ2n) is 7.94. The minimum atomic E-state index is -0.282. The van der Waals surface area contributed by atoms with E-state index < -0.39 is 0 Å². The number of rotatable bonds is 7. The number of halogens is 1. The first-order chi connectivity index (χ1) is 15.5. The van der Waals surface area contributed by atoms with Gasteiger partial charge in [0.15, 0.2) is 0 Å². The molecule has 2 amide bonds. The summed E-state index contributed by atoms with van der Waals surface area (Å²) in [5.74, 6) is -0.501. The lowest BCUT2D eigenvalue weighted by molar-refractivity contribution is -0.122. The van der Waals surface area contributed by atoms with E-state index in [1.807, 2.05) is 49.4 Å². The molecular formula is C24H26ClN5O2. The van der Waals surface area contributed by atoms with E-state index in [9.17, 15) is 9.59 Å². The molecule has 1 aliphatic rings. The van der Waals surface area contributed by atoms with Crippen LogP contribution in [-0.4, -0.2) is 39.1 Å². The van der Waals surface area contributed by atoms with Gasteiger partial charge in [0.05, 0.1) is 29.2 Å². The van der Waals surface area contributed by atoms with Crippen LogP contribution in [0.25, 0.3) is 5.69 Å². The normalized spacial score (nSPS) is 16.2. The molecule has 166 valence electrons. The second-order valence-corrected chi connectivity index (χ2v) is 8.37. The summed E-state index contributed by atoms with van der Waals surface area (Å²) in [7, 11) is 0. The second kappa shape index (κ2) is 9.54. The van der Waals surface area contributed by atoms with Crippen LogP contribution in [0.2, 0.25) is 5.02 Å². The van der Waals surface area contributed by atoms with Gasteiger partial charge >= 0.3 is 0 Å². The molecule has 2 aromatic carbocycles. The summed E-state index contributed by atoms with van der Waals surface area (Å²) < 4.78 is 1.74. The molecule has 1 saturated heterocycles. The summed E-state index contributed by atoms with van der Waals surface area (Å²) in [6.45, 7) is 3.44. The van der Waals surface area contributed by atoms with E-state index in [1.165, 1.54) is 0 Å². The Bertz CT molecular complexity index is 1140. The summed E-state index contributed by atoms with van der Waals surface area (Å²) in [4.78, 5) is 26.8. The van der Waals surface area contributed by atoms with Crippen molar-refractivity contribution in [3.05, 3.63) is 76.6 Å². The fraction of sp³-hybridized carbons (Fsp3) is 0.292. The number of benzene rings is 2. The SMILES string of the molecule is CCc1c(C(=O)Nc2cccc(CN3CCCC3C(N)=O)c2)cnn1-c1cccc(Cl)c1. The highest BCUT2D eigenvalue weighted by Gasteiger charge is 2.28. The molecular weight excluding hydrogens is 426 g/mol. The van der Waals surface area contributed by atoms with Crippen molar-refractivity contribution in [1.29, 1.82) is 0 Å². The molecule has 1 atom stereocenters. The molecule has 4 rings (SSSR count). The molecule has 7 nitrogen and oxygen atoms in total. The number of primary amides is 1. The number of hydrogen-bond acceptors (Lipinski definition) is 4. The minimum Gasteiger partial charge on any atom is -0.368 e. The molecule has 0 bridgehead atoms. The Hall–Kier alpha value is -3.16. The number of anilines is 1. The summed E-state index contributed by atoms with van der Waals surface area (Å²) in [5, 5.41) is 8.01. The lowest BCUT2D eigenvalue weighted by Gasteiger charge is -2.22. The monoisotopic (exact) mass is 451 g/mol.